The molecule has 2 aromatic carbocycles. The maximum absolute atomic E-state index is 11.9. The second kappa shape index (κ2) is 8.60. The van der Waals surface area contributed by atoms with Crippen LogP contribution in [0.5, 0.6) is 11.5 Å². The lowest BCUT2D eigenvalue weighted by molar-refractivity contribution is 0.0525. The fourth-order valence-electron chi connectivity index (χ4n) is 2.14. The summed E-state index contributed by atoms with van der Waals surface area (Å²) in [6, 6.07) is 11.2. The van der Waals surface area contributed by atoms with Crippen LogP contribution in [0.2, 0.25) is 5.02 Å². The van der Waals surface area contributed by atoms with Gasteiger partial charge >= 0.3 is 5.97 Å². The molecule has 0 spiro atoms. The van der Waals surface area contributed by atoms with Crippen LogP contribution in [0, 0.1) is 6.92 Å². The minimum Gasteiger partial charge on any atom is -0.490 e. The molecule has 0 unspecified atom stereocenters. The van der Waals surface area contributed by atoms with E-state index in [2.05, 4.69) is 0 Å². The number of hydrogen-bond donors (Lipinski definition) is 0. The van der Waals surface area contributed by atoms with Crippen LogP contribution in [0.25, 0.3) is 0 Å². The molecule has 0 aliphatic rings. The van der Waals surface area contributed by atoms with Gasteiger partial charge in [0, 0.05) is 0 Å². The Bertz CT molecular complexity index is 695. The molecule has 0 heterocycles. The van der Waals surface area contributed by atoms with E-state index in [1.807, 2.05) is 38.1 Å². The van der Waals surface area contributed by atoms with Crippen molar-refractivity contribution < 1.29 is 19.0 Å². The van der Waals surface area contributed by atoms with Crippen molar-refractivity contribution in [3.05, 3.63) is 58.1 Å². The van der Waals surface area contributed by atoms with E-state index >= 15 is 0 Å². The highest BCUT2D eigenvalue weighted by atomic mass is 35.5. The zero-order chi connectivity index (χ0) is 17.5. The average molecular weight is 349 g/mol. The summed E-state index contributed by atoms with van der Waals surface area (Å²) in [6.07, 6.45) is 0. The Balaban J connectivity index is 2.24. The molecule has 0 fully saturated rings. The minimum atomic E-state index is -0.439. The van der Waals surface area contributed by atoms with Gasteiger partial charge < -0.3 is 14.2 Å². The van der Waals surface area contributed by atoms with Gasteiger partial charge in [0.1, 0.15) is 6.61 Å². The Morgan fingerprint density at radius 3 is 2.38 bits per heavy atom. The molecule has 24 heavy (non-hydrogen) atoms. The van der Waals surface area contributed by atoms with Crippen LogP contribution >= 0.6 is 11.6 Å². The number of hydrogen-bond acceptors (Lipinski definition) is 4. The number of halogens is 1. The molecule has 0 N–H and O–H groups in total. The first-order valence-corrected chi connectivity index (χ1v) is 8.24. The summed E-state index contributed by atoms with van der Waals surface area (Å²) < 4.78 is 16.4. The van der Waals surface area contributed by atoms with Crippen LogP contribution < -0.4 is 9.47 Å². The van der Waals surface area contributed by atoms with Gasteiger partial charge in [-0.2, -0.15) is 0 Å². The van der Waals surface area contributed by atoms with E-state index in [0.29, 0.717) is 41.9 Å². The quantitative estimate of drug-likeness (QED) is 0.674. The first kappa shape index (κ1) is 18.1. The van der Waals surface area contributed by atoms with Gasteiger partial charge in [-0.05, 0) is 38.5 Å². The van der Waals surface area contributed by atoms with Crippen molar-refractivity contribution in [2.24, 2.45) is 0 Å². The molecule has 0 atom stereocenters. The number of carbonyl (C=O) groups is 1. The van der Waals surface area contributed by atoms with Crippen molar-refractivity contribution in [1.29, 1.82) is 0 Å². The Kier molecular flexibility index (Phi) is 6.50. The van der Waals surface area contributed by atoms with Gasteiger partial charge in [0.25, 0.3) is 0 Å². The number of esters is 1. The van der Waals surface area contributed by atoms with E-state index in [-0.39, 0.29) is 0 Å². The van der Waals surface area contributed by atoms with Crippen LogP contribution in [0.3, 0.4) is 0 Å². The van der Waals surface area contributed by atoms with E-state index in [9.17, 15) is 4.79 Å². The SMILES string of the molecule is CCOC(=O)c1cc(Cl)c(OCc2ccc(C)cc2)c(OCC)c1. The molecule has 0 amide bonds. The molecule has 128 valence electrons. The Hall–Kier alpha value is -2.20. The van der Waals surface area contributed by atoms with Gasteiger partial charge in [-0.1, -0.05) is 41.4 Å². The van der Waals surface area contributed by atoms with Crippen LogP contribution in [-0.2, 0) is 11.3 Å². The molecule has 0 saturated carbocycles. The van der Waals surface area contributed by atoms with Crippen molar-refractivity contribution >= 4 is 17.6 Å². The first-order chi connectivity index (χ1) is 11.5. The lowest BCUT2D eigenvalue weighted by atomic mass is 10.1. The van der Waals surface area contributed by atoms with Gasteiger partial charge in [-0.3, -0.25) is 0 Å². The number of carbonyl (C=O) groups excluding carboxylic acids is 1. The number of ether oxygens (including phenoxy) is 3. The molecule has 2 aromatic rings. The highest BCUT2D eigenvalue weighted by molar-refractivity contribution is 6.32. The fraction of sp³-hybridized carbons (Fsp3) is 0.316. The third kappa shape index (κ3) is 4.65. The fourth-order valence-corrected chi connectivity index (χ4v) is 2.41. The Morgan fingerprint density at radius 2 is 1.75 bits per heavy atom. The maximum Gasteiger partial charge on any atom is 0.338 e. The third-order valence-corrected chi connectivity index (χ3v) is 3.61. The second-order valence-corrected chi connectivity index (χ2v) is 5.62. The van der Waals surface area contributed by atoms with Crippen LogP contribution in [0.15, 0.2) is 36.4 Å². The second-order valence-electron chi connectivity index (χ2n) is 5.21. The van der Waals surface area contributed by atoms with Gasteiger partial charge in [-0.25, -0.2) is 4.79 Å². The molecule has 0 aromatic heterocycles. The normalized spacial score (nSPS) is 10.3. The molecule has 4 nitrogen and oxygen atoms in total. The maximum atomic E-state index is 11.9. The summed E-state index contributed by atoms with van der Waals surface area (Å²) in [6.45, 7) is 6.73. The molecule has 0 bridgehead atoms. The van der Waals surface area contributed by atoms with Crippen molar-refractivity contribution in [3.8, 4) is 11.5 Å². The largest absolute Gasteiger partial charge is 0.490 e. The summed E-state index contributed by atoms with van der Waals surface area (Å²) in [7, 11) is 0. The molecule has 0 radical (unpaired) electrons. The summed E-state index contributed by atoms with van der Waals surface area (Å²) >= 11 is 6.29. The predicted molar refractivity (Wildman–Crippen MR) is 94.1 cm³/mol. The first-order valence-electron chi connectivity index (χ1n) is 7.87. The van der Waals surface area contributed by atoms with E-state index < -0.39 is 5.97 Å². The third-order valence-electron chi connectivity index (χ3n) is 3.32. The van der Waals surface area contributed by atoms with Gasteiger partial charge in [0.15, 0.2) is 11.5 Å². The van der Waals surface area contributed by atoms with E-state index in [4.69, 9.17) is 25.8 Å². The van der Waals surface area contributed by atoms with Gasteiger partial charge in [0.2, 0.25) is 0 Å². The monoisotopic (exact) mass is 348 g/mol. The van der Waals surface area contributed by atoms with E-state index in [1.165, 1.54) is 11.6 Å². The number of aryl methyl sites for hydroxylation is 1. The van der Waals surface area contributed by atoms with E-state index in [0.717, 1.165) is 5.56 Å². The zero-order valence-corrected chi connectivity index (χ0v) is 14.9. The molecule has 5 heteroatoms. The minimum absolute atomic E-state index is 0.298. The average Bonchev–Trinajstić information content (AvgIpc) is 2.56. The topological polar surface area (TPSA) is 44.8 Å². The highest BCUT2D eigenvalue weighted by Crippen LogP contribution is 2.37. The molecule has 2 rings (SSSR count). The predicted octanol–water partition coefficient (Wildman–Crippen LogP) is 4.80. The summed E-state index contributed by atoms with van der Waals surface area (Å²) in [4.78, 5) is 11.9. The van der Waals surface area contributed by atoms with Gasteiger partial charge in [-0.15, -0.1) is 0 Å². The molecular weight excluding hydrogens is 328 g/mol. The zero-order valence-electron chi connectivity index (χ0n) is 14.1. The highest BCUT2D eigenvalue weighted by Gasteiger charge is 2.17. The van der Waals surface area contributed by atoms with E-state index in [1.54, 1.807) is 13.0 Å². The van der Waals surface area contributed by atoms with Gasteiger partial charge in [0.05, 0.1) is 23.8 Å². The summed E-state index contributed by atoms with van der Waals surface area (Å²) in [5, 5.41) is 0.316. The van der Waals surface area contributed by atoms with Crippen molar-refractivity contribution in [3.63, 3.8) is 0 Å². The van der Waals surface area contributed by atoms with Crippen molar-refractivity contribution in [2.75, 3.05) is 13.2 Å². The van der Waals surface area contributed by atoms with Crippen LogP contribution in [0.4, 0.5) is 0 Å². The molecular formula is C19H21ClO4. The lowest BCUT2D eigenvalue weighted by Crippen LogP contribution is -2.07. The number of rotatable bonds is 7. The van der Waals surface area contributed by atoms with Crippen molar-refractivity contribution in [1.82, 2.24) is 0 Å². The smallest absolute Gasteiger partial charge is 0.338 e. The summed E-state index contributed by atoms with van der Waals surface area (Å²) in [5.74, 6) is 0.415. The molecule has 0 saturated heterocycles. The number of benzene rings is 2. The lowest BCUT2D eigenvalue weighted by Gasteiger charge is -2.15. The van der Waals surface area contributed by atoms with Crippen LogP contribution in [0.1, 0.15) is 35.3 Å². The standard InChI is InChI=1S/C19H21ClO4/c1-4-22-17-11-15(19(21)23-5-2)10-16(20)18(17)24-12-14-8-6-13(3)7-9-14/h6-11H,4-5,12H2,1-3H3. The van der Waals surface area contributed by atoms with Crippen molar-refractivity contribution in [2.45, 2.75) is 27.4 Å². The Morgan fingerprint density at radius 1 is 1.04 bits per heavy atom. The molecule has 0 aliphatic carbocycles. The summed E-state index contributed by atoms with van der Waals surface area (Å²) in [5.41, 5.74) is 2.55. The van der Waals surface area contributed by atoms with Crippen LogP contribution in [-0.4, -0.2) is 19.2 Å². The molecule has 0 aliphatic heterocycles. The Labute approximate surface area is 147 Å².